The Hall–Kier alpha value is -2.18. The SMILES string of the molecule is CC(C)(C)CCC(NC(=O)c1ccc(OC(F)F)cc1)C(=O)O. The normalized spacial score (nSPS) is 12.8. The summed E-state index contributed by atoms with van der Waals surface area (Å²) in [5, 5.41) is 11.6. The van der Waals surface area contributed by atoms with Crippen LogP contribution in [0.25, 0.3) is 0 Å². The lowest BCUT2D eigenvalue weighted by molar-refractivity contribution is -0.139. The molecule has 0 fully saturated rings. The van der Waals surface area contributed by atoms with Crippen LogP contribution in [0.15, 0.2) is 24.3 Å². The zero-order chi connectivity index (χ0) is 17.6. The number of amides is 1. The number of aliphatic carboxylic acids is 1. The van der Waals surface area contributed by atoms with Crippen molar-refractivity contribution in [3.05, 3.63) is 29.8 Å². The molecule has 0 spiro atoms. The second kappa shape index (κ2) is 7.89. The van der Waals surface area contributed by atoms with Gasteiger partial charge in [-0.1, -0.05) is 20.8 Å². The Bertz CT molecular complexity index is 538. The van der Waals surface area contributed by atoms with Crippen molar-refractivity contribution in [1.29, 1.82) is 0 Å². The van der Waals surface area contributed by atoms with Gasteiger partial charge < -0.3 is 15.2 Å². The van der Waals surface area contributed by atoms with Crippen molar-refractivity contribution in [3.8, 4) is 5.75 Å². The quantitative estimate of drug-likeness (QED) is 0.805. The average Bonchev–Trinajstić information content (AvgIpc) is 2.42. The fraction of sp³-hybridized carbons (Fsp3) is 0.500. The molecule has 0 aliphatic rings. The van der Waals surface area contributed by atoms with Crippen molar-refractivity contribution >= 4 is 11.9 Å². The number of hydrogen-bond donors (Lipinski definition) is 2. The van der Waals surface area contributed by atoms with Gasteiger partial charge in [0.2, 0.25) is 0 Å². The van der Waals surface area contributed by atoms with Crippen LogP contribution in [0.3, 0.4) is 0 Å². The molecule has 128 valence electrons. The molecule has 1 aromatic rings. The molecule has 0 saturated carbocycles. The van der Waals surface area contributed by atoms with E-state index in [-0.39, 0.29) is 16.7 Å². The number of carboxylic acid groups (broad SMARTS) is 1. The molecule has 1 aromatic carbocycles. The van der Waals surface area contributed by atoms with E-state index in [9.17, 15) is 23.5 Å². The van der Waals surface area contributed by atoms with Gasteiger partial charge in [-0.2, -0.15) is 8.78 Å². The fourth-order valence-electron chi connectivity index (χ4n) is 1.86. The van der Waals surface area contributed by atoms with Crippen molar-refractivity contribution in [2.24, 2.45) is 5.41 Å². The van der Waals surface area contributed by atoms with Gasteiger partial charge >= 0.3 is 12.6 Å². The molecule has 1 amide bonds. The van der Waals surface area contributed by atoms with Crippen molar-refractivity contribution in [2.75, 3.05) is 0 Å². The average molecular weight is 329 g/mol. The largest absolute Gasteiger partial charge is 0.480 e. The fourth-order valence-corrected chi connectivity index (χ4v) is 1.86. The van der Waals surface area contributed by atoms with Gasteiger partial charge in [0.15, 0.2) is 0 Å². The van der Waals surface area contributed by atoms with Crippen LogP contribution in [-0.2, 0) is 4.79 Å². The minimum atomic E-state index is -2.94. The maximum Gasteiger partial charge on any atom is 0.387 e. The van der Waals surface area contributed by atoms with E-state index in [0.717, 1.165) is 0 Å². The molecule has 0 aromatic heterocycles. The number of rotatable bonds is 7. The molecule has 2 N–H and O–H groups in total. The lowest BCUT2D eigenvalue weighted by Crippen LogP contribution is -2.41. The lowest BCUT2D eigenvalue weighted by atomic mass is 9.88. The number of alkyl halides is 2. The molecule has 1 atom stereocenters. The summed E-state index contributed by atoms with van der Waals surface area (Å²) in [6, 6.07) is 4.06. The first-order valence-electron chi connectivity index (χ1n) is 7.17. The number of ether oxygens (including phenoxy) is 1. The third-order valence-corrected chi connectivity index (χ3v) is 3.13. The molecule has 7 heteroatoms. The highest BCUT2D eigenvalue weighted by Crippen LogP contribution is 2.22. The molecule has 0 heterocycles. The first kappa shape index (κ1) is 18.9. The number of carbonyl (C=O) groups is 2. The summed E-state index contributed by atoms with van der Waals surface area (Å²) in [5.41, 5.74) is 0.126. The van der Waals surface area contributed by atoms with E-state index in [2.05, 4.69) is 10.1 Å². The Morgan fingerprint density at radius 3 is 2.22 bits per heavy atom. The standard InChI is InChI=1S/C16H21F2NO4/c1-16(2,3)9-8-12(14(21)22)19-13(20)10-4-6-11(7-5-10)23-15(17)18/h4-7,12,15H,8-9H2,1-3H3,(H,19,20)(H,21,22). The van der Waals surface area contributed by atoms with E-state index in [1.165, 1.54) is 24.3 Å². The second-order valence-electron chi connectivity index (χ2n) is 6.37. The number of carbonyl (C=O) groups excluding carboxylic acids is 1. The van der Waals surface area contributed by atoms with Crippen LogP contribution in [0.1, 0.15) is 44.0 Å². The molecule has 5 nitrogen and oxygen atoms in total. The maximum atomic E-state index is 12.1. The minimum Gasteiger partial charge on any atom is -0.480 e. The molecule has 0 radical (unpaired) electrons. The molecule has 0 bridgehead atoms. The highest BCUT2D eigenvalue weighted by atomic mass is 19.3. The summed E-state index contributed by atoms with van der Waals surface area (Å²) in [4.78, 5) is 23.3. The van der Waals surface area contributed by atoms with Gasteiger partial charge in [0.25, 0.3) is 5.91 Å². The smallest absolute Gasteiger partial charge is 0.387 e. The minimum absolute atomic E-state index is 0.0489. The highest BCUT2D eigenvalue weighted by molar-refractivity contribution is 5.96. The number of halogens is 2. The molecule has 0 aliphatic heterocycles. The van der Waals surface area contributed by atoms with Crippen molar-refractivity contribution in [1.82, 2.24) is 5.32 Å². The van der Waals surface area contributed by atoms with E-state index in [4.69, 9.17) is 0 Å². The maximum absolute atomic E-state index is 12.1. The van der Waals surface area contributed by atoms with Crippen LogP contribution in [0.5, 0.6) is 5.75 Å². The molecule has 0 saturated heterocycles. The highest BCUT2D eigenvalue weighted by Gasteiger charge is 2.23. The molecular weight excluding hydrogens is 308 g/mol. The van der Waals surface area contributed by atoms with E-state index in [0.29, 0.717) is 12.8 Å². The monoisotopic (exact) mass is 329 g/mol. The van der Waals surface area contributed by atoms with Crippen molar-refractivity contribution in [3.63, 3.8) is 0 Å². The van der Waals surface area contributed by atoms with Gasteiger partial charge in [-0.3, -0.25) is 4.79 Å². The summed E-state index contributed by atoms with van der Waals surface area (Å²) in [5.74, 6) is -1.76. The van der Waals surface area contributed by atoms with Crippen LogP contribution >= 0.6 is 0 Å². The van der Waals surface area contributed by atoms with Gasteiger partial charge in [0.1, 0.15) is 11.8 Å². The zero-order valence-electron chi connectivity index (χ0n) is 13.3. The Morgan fingerprint density at radius 2 is 1.78 bits per heavy atom. The summed E-state index contributed by atoms with van der Waals surface area (Å²) in [6.07, 6.45) is 0.933. The topological polar surface area (TPSA) is 75.6 Å². The first-order chi connectivity index (χ1) is 10.6. The van der Waals surface area contributed by atoms with E-state index >= 15 is 0 Å². The van der Waals surface area contributed by atoms with Gasteiger partial charge in [-0.05, 0) is 42.5 Å². The summed E-state index contributed by atoms with van der Waals surface area (Å²) in [6.45, 7) is 3.00. The third-order valence-electron chi connectivity index (χ3n) is 3.13. The number of carboxylic acids is 1. The molecule has 1 rings (SSSR count). The molecule has 1 unspecified atom stereocenters. The zero-order valence-corrected chi connectivity index (χ0v) is 13.3. The van der Waals surface area contributed by atoms with E-state index in [1.807, 2.05) is 20.8 Å². The van der Waals surface area contributed by atoms with Crippen LogP contribution in [0.2, 0.25) is 0 Å². The Kier molecular flexibility index (Phi) is 6.48. The van der Waals surface area contributed by atoms with Gasteiger partial charge in [-0.15, -0.1) is 0 Å². The van der Waals surface area contributed by atoms with Crippen LogP contribution in [0.4, 0.5) is 8.78 Å². The first-order valence-corrected chi connectivity index (χ1v) is 7.17. The second-order valence-corrected chi connectivity index (χ2v) is 6.37. The number of hydrogen-bond acceptors (Lipinski definition) is 3. The molecular formula is C16H21F2NO4. The van der Waals surface area contributed by atoms with E-state index in [1.54, 1.807) is 0 Å². The predicted molar refractivity (Wildman–Crippen MR) is 80.7 cm³/mol. The lowest BCUT2D eigenvalue weighted by Gasteiger charge is -2.21. The Labute approximate surface area is 133 Å². The number of benzene rings is 1. The van der Waals surface area contributed by atoms with Crippen molar-refractivity contribution < 1.29 is 28.2 Å². The predicted octanol–water partition coefficient (Wildman–Crippen LogP) is 3.30. The number of nitrogens with one attached hydrogen (secondary N) is 1. The third kappa shape index (κ3) is 7.08. The Morgan fingerprint density at radius 1 is 1.22 bits per heavy atom. The van der Waals surface area contributed by atoms with Gasteiger partial charge in [0, 0.05) is 5.56 Å². The molecule has 23 heavy (non-hydrogen) atoms. The van der Waals surface area contributed by atoms with Crippen LogP contribution in [-0.4, -0.2) is 29.6 Å². The van der Waals surface area contributed by atoms with Gasteiger partial charge in [0.05, 0.1) is 0 Å². The van der Waals surface area contributed by atoms with Crippen LogP contribution < -0.4 is 10.1 Å². The summed E-state index contributed by atoms with van der Waals surface area (Å²) >= 11 is 0. The van der Waals surface area contributed by atoms with Crippen molar-refractivity contribution in [2.45, 2.75) is 46.3 Å². The Balaban J connectivity index is 2.69. The molecule has 0 aliphatic carbocycles. The van der Waals surface area contributed by atoms with Crippen LogP contribution in [0, 0.1) is 5.41 Å². The van der Waals surface area contributed by atoms with E-state index < -0.39 is 24.5 Å². The summed E-state index contributed by atoms with van der Waals surface area (Å²) in [7, 11) is 0. The van der Waals surface area contributed by atoms with Gasteiger partial charge in [-0.25, -0.2) is 4.79 Å². The summed E-state index contributed by atoms with van der Waals surface area (Å²) < 4.78 is 28.3.